The van der Waals surface area contributed by atoms with Crippen LogP contribution in [0.1, 0.15) is 18.2 Å². The molecule has 0 radical (unpaired) electrons. The minimum Gasteiger partial charge on any atom is -0.550 e. The number of aromatic nitrogens is 2. The Balaban J connectivity index is 2.33. The Bertz CT molecular complexity index is 617. The number of carboxylic acid groups (broad SMARTS) is 1. The second-order valence-corrected chi connectivity index (χ2v) is 4.94. The number of nitrogens with two attached hydrogens (primary N) is 1. The number of carbonyl (C=O) groups is 1. The zero-order valence-corrected chi connectivity index (χ0v) is 11.5. The molecule has 0 spiro atoms. The summed E-state index contributed by atoms with van der Waals surface area (Å²) in [6, 6.07) is 0. The van der Waals surface area contributed by atoms with Crippen molar-refractivity contribution in [2.24, 2.45) is 0 Å². The minimum atomic E-state index is -1.45. The molecule has 0 saturated carbocycles. The summed E-state index contributed by atoms with van der Waals surface area (Å²) in [5.74, 6) is -1.42. The number of aliphatic carboxylic acids is 1. The van der Waals surface area contributed by atoms with E-state index in [2.05, 4.69) is 4.98 Å². The largest absolute Gasteiger partial charge is 0.550 e. The van der Waals surface area contributed by atoms with Crippen molar-refractivity contribution in [3.05, 3.63) is 22.2 Å². The molecule has 1 aliphatic rings. The van der Waals surface area contributed by atoms with E-state index in [-0.39, 0.29) is 24.2 Å². The van der Waals surface area contributed by atoms with Crippen LogP contribution in [0.2, 0.25) is 0 Å². The van der Waals surface area contributed by atoms with Crippen LogP contribution in [-0.4, -0.2) is 55.8 Å². The normalized spacial score (nSPS) is 28.0. The summed E-state index contributed by atoms with van der Waals surface area (Å²) in [5, 5.41) is 39.1. The average Bonchev–Trinajstić information content (AvgIpc) is 2.74. The highest BCUT2D eigenvalue weighted by atomic mass is 16.6. The molecule has 1 fully saturated rings. The number of nitrogens with zero attached hydrogens (tertiary/aromatic N) is 2. The Kier molecular flexibility index (Phi) is 4.76. The van der Waals surface area contributed by atoms with Gasteiger partial charge in [0.1, 0.15) is 24.1 Å². The van der Waals surface area contributed by atoms with E-state index in [1.54, 1.807) is 0 Å². The van der Waals surface area contributed by atoms with Crippen molar-refractivity contribution in [2.45, 2.75) is 37.4 Å². The lowest BCUT2D eigenvalue weighted by Crippen LogP contribution is -2.36. The first-order valence-corrected chi connectivity index (χ1v) is 6.55. The van der Waals surface area contributed by atoms with Gasteiger partial charge in [-0.15, -0.1) is 0 Å². The fourth-order valence-electron chi connectivity index (χ4n) is 2.24. The van der Waals surface area contributed by atoms with E-state index in [4.69, 9.17) is 15.6 Å². The predicted octanol–water partition coefficient (Wildman–Crippen LogP) is -3.88. The quantitative estimate of drug-likeness (QED) is 0.424. The lowest BCUT2D eigenvalue weighted by Gasteiger charge is -2.18. The van der Waals surface area contributed by atoms with E-state index >= 15 is 0 Å². The highest BCUT2D eigenvalue weighted by Crippen LogP contribution is 2.28. The van der Waals surface area contributed by atoms with Crippen LogP contribution < -0.4 is 16.5 Å². The van der Waals surface area contributed by atoms with Crippen LogP contribution in [0.25, 0.3) is 0 Å². The molecule has 122 valence electrons. The number of hydrogen-bond donors (Lipinski definition) is 4. The molecular formula is C12H16N3O7-. The van der Waals surface area contributed by atoms with Gasteiger partial charge in [-0.1, -0.05) is 0 Å². The van der Waals surface area contributed by atoms with Gasteiger partial charge in [0, 0.05) is 17.7 Å². The third kappa shape index (κ3) is 3.09. The molecule has 5 N–H and O–H groups in total. The SMILES string of the molecule is Nc1nc(=O)n([C@@H]2O[C@H](CO)[C@@H](O)[C@H]2O)cc1CCC(=O)[O-]. The number of hydrogen-bond acceptors (Lipinski definition) is 9. The maximum Gasteiger partial charge on any atom is 0.351 e. The molecule has 4 atom stereocenters. The zero-order chi connectivity index (χ0) is 16.4. The molecule has 2 heterocycles. The van der Waals surface area contributed by atoms with Crippen LogP contribution in [0.5, 0.6) is 0 Å². The van der Waals surface area contributed by atoms with Gasteiger partial charge in [0.15, 0.2) is 6.23 Å². The first-order valence-electron chi connectivity index (χ1n) is 6.55. The number of rotatable bonds is 5. The summed E-state index contributed by atoms with van der Waals surface area (Å²) >= 11 is 0. The van der Waals surface area contributed by atoms with E-state index in [0.29, 0.717) is 0 Å². The van der Waals surface area contributed by atoms with E-state index < -0.39 is 42.8 Å². The predicted molar refractivity (Wildman–Crippen MR) is 69.2 cm³/mol. The number of anilines is 1. The Labute approximate surface area is 124 Å². The van der Waals surface area contributed by atoms with Gasteiger partial charge < -0.3 is 35.7 Å². The maximum absolute atomic E-state index is 11.9. The van der Waals surface area contributed by atoms with Crippen molar-refractivity contribution in [3.63, 3.8) is 0 Å². The van der Waals surface area contributed by atoms with Crippen molar-refractivity contribution < 1.29 is 30.0 Å². The highest BCUT2D eigenvalue weighted by Gasteiger charge is 2.43. The highest BCUT2D eigenvalue weighted by molar-refractivity contribution is 5.65. The van der Waals surface area contributed by atoms with Gasteiger partial charge >= 0.3 is 5.69 Å². The summed E-state index contributed by atoms with van der Waals surface area (Å²) in [6.45, 7) is -0.538. The molecule has 10 heteroatoms. The molecule has 0 unspecified atom stereocenters. The number of carboxylic acids is 1. The Morgan fingerprint density at radius 1 is 1.45 bits per heavy atom. The van der Waals surface area contributed by atoms with Gasteiger partial charge in [-0.2, -0.15) is 4.98 Å². The second kappa shape index (κ2) is 6.40. The number of aryl methyl sites for hydroxylation is 1. The molecule has 1 aromatic rings. The minimum absolute atomic E-state index is 0.0176. The molecule has 1 aromatic heterocycles. The number of carbonyl (C=O) groups excluding carboxylic acids is 1. The van der Waals surface area contributed by atoms with Crippen molar-refractivity contribution >= 4 is 11.8 Å². The van der Waals surface area contributed by atoms with Gasteiger partial charge in [0.25, 0.3) is 0 Å². The molecule has 10 nitrogen and oxygen atoms in total. The molecule has 0 aromatic carbocycles. The number of aliphatic hydroxyl groups excluding tert-OH is 3. The van der Waals surface area contributed by atoms with Crippen molar-refractivity contribution in [1.29, 1.82) is 0 Å². The third-order valence-corrected chi connectivity index (χ3v) is 3.45. The maximum atomic E-state index is 11.9. The van der Waals surface area contributed by atoms with Crippen LogP contribution in [0.4, 0.5) is 5.82 Å². The van der Waals surface area contributed by atoms with Crippen LogP contribution in [-0.2, 0) is 16.0 Å². The fourth-order valence-corrected chi connectivity index (χ4v) is 2.24. The standard InChI is InChI=1S/C12H17N3O7/c13-10-5(1-2-7(17)18)3-15(12(21)14-10)11-9(20)8(19)6(4-16)22-11/h3,6,8-9,11,16,19-20H,1-2,4H2,(H,17,18)(H2,13,14,21)/p-1/t6-,8-,9-,11-/m1/s1. The topological polar surface area (TPSA) is 171 Å². The summed E-state index contributed by atoms with van der Waals surface area (Å²) in [5.41, 5.74) is 5.00. The summed E-state index contributed by atoms with van der Waals surface area (Å²) < 4.78 is 6.13. The van der Waals surface area contributed by atoms with Gasteiger partial charge in [-0.3, -0.25) is 4.57 Å². The van der Waals surface area contributed by atoms with Gasteiger partial charge in [0.05, 0.1) is 6.61 Å². The smallest absolute Gasteiger partial charge is 0.351 e. The van der Waals surface area contributed by atoms with Crippen molar-refractivity contribution in [2.75, 3.05) is 12.3 Å². The van der Waals surface area contributed by atoms with Gasteiger partial charge in [0.2, 0.25) is 0 Å². The zero-order valence-electron chi connectivity index (χ0n) is 11.5. The molecule has 2 rings (SSSR count). The fraction of sp³-hybridized carbons (Fsp3) is 0.583. The molecule has 0 bridgehead atoms. The monoisotopic (exact) mass is 314 g/mol. The summed E-state index contributed by atoms with van der Waals surface area (Å²) in [4.78, 5) is 25.9. The number of ether oxygens (including phenoxy) is 1. The average molecular weight is 314 g/mol. The van der Waals surface area contributed by atoms with Crippen molar-refractivity contribution in [3.8, 4) is 0 Å². The number of aliphatic hydroxyl groups is 3. The summed E-state index contributed by atoms with van der Waals surface area (Å²) in [7, 11) is 0. The van der Waals surface area contributed by atoms with E-state index in [0.717, 1.165) is 4.57 Å². The van der Waals surface area contributed by atoms with Crippen molar-refractivity contribution in [1.82, 2.24) is 9.55 Å². The van der Waals surface area contributed by atoms with Crippen LogP contribution in [0.3, 0.4) is 0 Å². The van der Waals surface area contributed by atoms with Crippen LogP contribution >= 0.6 is 0 Å². The van der Waals surface area contributed by atoms with Gasteiger partial charge in [-0.05, 0) is 12.8 Å². The summed E-state index contributed by atoms with van der Waals surface area (Å²) in [6.07, 6.45) is -4.24. The lowest BCUT2D eigenvalue weighted by atomic mass is 10.1. The molecule has 0 amide bonds. The molecular weight excluding hydrogens is 298 g/mol. The molecule has 1 saturated heterocycles. The van der Waals surface area contributed by atoms with Crippen LogP contribution in [0.15, 0.2) is 11.0 Å². The second-order valence-electron chi connectivity index (χ2n) is 4.94. The number of nitrogen functional groups attached to an aromatic ring is 1. The third-order valence-electron chi connectivity index (χ3n) is 3.45. The molecule has 0 aliphatic carbocycles. The Hall–Kier alpha value is -2.01. The Morgan fingerprint density at radius 3 is 2.68 bits per heavy atom. The first kappa shape index (κ1) is 16.4. The van der Waals surface area contributed by atoms with E-state index in [1.807, 2.05) is 0 Å². The van der Waals surface area contributed by atoms with E-state index in [9.17, 15) is 24.9 Å². The van der Waals surface area contributed by atoms with E-state index in [1.165, 1.54) is 6.20 Å². The van der Waals surface area contributed by atoms with Gasteiger partial charge in [-0.25, -0.2) is 4.79 Å². The lowest BCUT2D eigenvalue weighted by molar-refractivity contribution is -0.305. The first-order chi connectivity index (χ1) is 10.3. The van der Waals surface area contributed by atoms with Crippen LogP contribution in [0, 0.1) is 0 Å². The molecule has 22 heavy (non-hydrogen) atoms. The molecule has 1 aliphatic heterocycles. The Morgan fingerprint density at radius 2 is 2.14 bits per heavy atom.